The van der Waals surface area contributed by atoms with Gasteiger partial charge in [0.05, 0.1) is 25.4 Å². The van der Waals surface area contributed by atoms with Gasteiger partial charge < -0.3 is 40.3 Å². The highest BCUT2D eigenvalue weighted by atomic mass is 16.7. The largest absolute Gasteiger partial charge is 0.394 e. The topological polar surface area (TPSA) is 149 Å². The van der Waals surface area contributed by atoms with Gasteiger partial charge in [-0.1, -0.05) is 214 Å². The number of hydrogen-bond acceptors (Lipinski definition) is 8. The van der Waals surface area contributed by atoms with Crippen molar-refractivity contribution < 1.29 is 39.8 Å². The SMILES string of the molecule is CC/C=C\C/C=C\C/C=C\C/C=C\C/C=C\C/C=C\CCCCCCCCC(=O)NC(COC1OC(CO)C(O)C(O)C1O)C(O)/C=C/CCCCCCCCCCCCCCCCC. The smallest absolute Gasteiger partial charge is 0.220 e. The van der Waals surface area contributed by atoms with Crippen molar-refractivity contribution in [1.82, 2.24) is 5.32 Å². The molecule has 7 atom stereocenters. The van der Waals surface area contributed by atoms with Gasteiger partial charge in [0.1, 0.15) is 24.4 Å². The third kappa shape index (κ3) is 35.2. The molecule has 0 aromatic heterocycles. The number of ether oxygens (including phenoxy) is 2. The molecule has 6 N–H and O–H groups in total. The van der Waals surface area contributed by atoms with Crippen LogP contribution in [0.3, 0.4) is 0 Å². The van der Waals surface area contributed by atoms with E-state index in [0.29, 0.717) is 6.42 Å². The second-order valence-electron chi connectivity index (χ2n) is 17.9. The van der Waals surface area contributed by atoms with Crippen LogP contribution in [0.4, 0.5) is 0 Å². The molecule has 9 nitrogen and oxygen atoms in total. The number of allylic oxidation sites excluding steroid dienone is 13. The standard InChI is InChI=1S/C56H97NO8/c1-3-5-7-9-11-13-15-17-19-21-22-23-24-25-26-27-28-30-32-34-36-38-40-42-44-46-52(60)57-49(48-64-56-55(63)54(62)53(61)51(47-58)65-56)50(59)45-43-41-39-37-35-33-31-29-20-18-16-14-12-10-8-6-4-2/h5,7,11,13,17,19,22-23,25-26,28,30,43,45,49-51,53-56,58-59,61-63H,3-4,6,8-10,12,14-16,18,20-21,24,27,29,31-42,44,46-48H2,1-2H3,(H,57,60)/b7-5-,13-11-,19-17-,23-22-,26-25-,30-28-,45-43+. The van der Waals surface area contributed by atoms with Crippen molar-refractivity contribution in [1.29, 1.82) is 0 Å². The van der Waals surface area contributed by atoms with E-state index < -0.39 is 49.5 Å². The van der Waals surface area contributed by atoms with Crippen LogP contribution in [-0.2, 0) is 14.3 Å². The van der Waals surface area contributed by atoms with Gasteiger partial charge in [0.2, 0.25) is 5.91 Å². The van der Waals surface area contributed by atoms with E-state index >= 15 is 0 Å². The lowest BCUT2D eigenvalue weighted by Crippen LogP contribution is -2.60. The number of unbranched alkanes of at least 4 members (excludes halogenated alkanes) is 21. The zero-order chi connectivity index (χ0) is 47.3. The first-order valence-corrected chi connectivity index (χ1v) is 26.3. The molecule has 0 aliphatic carbocycles. The van der Waals surface area contributed by atoms with Gasteiger partial charge in [0, 0.05) is 6.42 Å². The summed E-state index contributed by atoms with van der Waals surface area (Å²) in [5, 5.41) is 54.4. The molecule has 0 aromatic rings. The van der Waals surface area contributed by atoms with Crippen molar-refractivity contribution in [2.75, 3.05) is 13.2 Å². The van der Waals surface area contributed by atoms with Gasteiger partial charge in [-0.15, -0.1) is 0 Å². The van der Waals surface area contributed by atoms with E-state index in [1.165, 1.54) is 83.5 Å². The monoisotopic (exact) mass is 912 g/mol. The number of carbonyl (C=O) groups is 1. The minimum absolute atomic E-state index is 0.195. The highest BCUT2D eigenvalue weighted by molar-refractivity contribution is 5.76. The summed E-state index contributed by atoms with van der Waals surface area (Å²) in [6.07, 6.45) is 56.2. The predicted octanol–water partition coefficient (Wildman–Crippen LogP) is 12.3. The second-order valence-corrected chi connectivity index (χ2v) is 17.9. The first-order chi connectivity index (χ1) is 31.8. The molecule has 1 amide bonds. The van der Waals surface area contributed by atoms with Crippen molar-refractivity contribution in [3.05, 3.63) is 85.1 Å². The summed E-state index contributed by atoms with van der Waals surface area (Å²) in [7, 11) is 0. The number of amides is 1. The number of hydrogen-bond donors (Lipinski definition) is 6. The summed E-state index contributed by atoms with van der Waals surface area (Å²) in [6, 6.07) is -0.818. The van der Waals surface area contributed by atoms with E-state index in [-0.39, 0.29) is 12.5 Å². The third-order valence-corrected chi connectivity index (χ3v) is 12.0. The summed E-state index contributed by atoms with van der Waals surface area (Å²) in [5.74, 6) is -0.195. The molecule has 0 radical (unpaired) electrons. The van der Waals surface area contributed by atoms with Gasteiger partial charge >= 0.3 is 0 Å². The Balaban J connectivity index is 2.30. The lowest BCUT2D eigenvalue weighted by atomic mass is 9.99. The molecular weight excluding hydrogens is 815 g/mol. The van der Waals surface area contributed by atoms with E-state index in [4.69, 9.17) is 9.47 Å². The highest BCUT2D eigenvalue weighted by Crippen LogP contribution is 2.23. The van der Waals surface area contributed by atoms with Crippen LogP contribution < -0.4 is 5.32 Å². The van der Waals surface area contributed by atoms with Crippen LogP contribution in [0.2, 0.25) is 0 Å². The molecule has 65 heavy (non-hydrogen) atoms. The summed E-state index contributed by atoms with van der Waals surface area (Å²) in [6.45, 7) is 3.65. The Kier molecular flexibility index (Phi) is 42.0. The summed E-state index contributed by atoms with van der Waals surface area (Å²) in [5.41, 5.74) is 0. The van der Waals surface area contributed by atoms with E-state index in [9.17, 15) is 30.3 Å². The Labute approximate surface area is 397 Å². The van der Waals surface area contributed by atoms with Gasteiger partial charge in [0.25, 0.3) is 0 Å². The van der Waals surface area contributed by atoms with Crippen molar-refractivity contribution >= 4 is 5.91 Å². The fraction of sp³-hybridized carbons (Fsp3) is 0.732. The van der Waals surface area contributed by atoms with E-state index in [0.717, 1.165) is 103 Å². The van der Waals surface area contributed by atoms with Gasteiger partial charge in [-0.05, 0) is 70.6 Å². The minimum Gasteiger partial charge on any atom is -0.394 e. The molecule has 9 heteroatoms. The minimum atomic E-state index is -1.57. The predicted molar refractivity (Wildman–Crippen MR) is 271 cm³/mol. The maximum Gasteiger partial charge on any atom is 0.220 e. The fourth-order valence-corrected chi connectivity index (χ4v) is 7.81. The van der Waals surface area contributed by atoms with Crippen LogP contribution >= 0.6 is 0 Å². The molecule has 374 valence electrons. The van der Waals surface area contributed by atoms with E-state index in [2.05, 4.69) is 92.1 Å². The first kappa shape index (κ1) is 60.4. The number of aliphatic hydroxyl groups excluding tert-OH is 5. The Morgan fingerprint density at radius 1 is 0.538 bits per heavy atom. The van der Waals surface area contributed by atoms with E-state index in [1.54, 1.807) is 6.08 Å². The van der Waals surface area contributed by atoms with Crippen molar-refractivity contribution in [2.45, 2.75) is 249 Å². The lowest BCUT2D eigenvalue weighted by Gasteiger charge is -2.40. The molecular formula is C56H97NO8. The molecule has 1 saturated heterocycles. The summed E-state index contributed by atoms with van der Waals surface area (Å²) >= 11 is 0. The van der Waals surface area contributed by atoms with Gasteiger partial charge in [-0.3, -0.25) is 4.79 Å². The maximum atomic E-state index is 13.0. The Bertz CT molecular complexity index is 1290. The van der Waals surface area contributed by atoms with Crippen molar-refractivity contribution in [2.24, 2.45) is 0 Å². The number of rotatable bonds is 43. The van der Waals surface area contributed by atoms with Crippen molar-refractivity contribution in [3.8, 4) is 0 Å². The molecule has 0 saturated carbocycles. The average Bonchev–Trinajstić information content (AvgIpc) is 3.31. The normalized spacial score (nSPS) is 20.6. The second kappa shape index (κ2) is 45.2. The van der Waals surface area contributed by atoms with Gasteiger partial charge in [0.15, 0.2) is 6.29 Å². The van der Waals surface area contributed by atoms with Crippen LogP contribution in [0.15, 0.2) is 85.1 Å². The lowest BCUT2D eigenvalue weighted by molar-refractivity contribution is -0.302. The maximum absolute atomic E-state index is 13.0. The average molecular weight is 912 g/mol. The highest BCUT2D eigenvalue weighted by Gasteiger charge is 2.44. The summed E-state index contributed by atoms with van der Waals surface area (Å²) in [4.78, 5) is 13.0. The molecule has 0 bridgehead atoms. The zero-order valence-electron chi connectivity index (χ0n) is 41.2. The van der Waals surface area contributed by atoms with E-state index in [1.807, 2.05) is 6.08 Å². The van der Waals surface area contributed by atoms with Crippen LogP contribution in [0.1, 0.15) is 206 Å². The first-order valence-electron chi connectivity index (χ1n) is 26.3. The molecule has 1 rings (SSSR count). The molecule has 0 aromatic carbocycles. The third-order valence-electron chi connectivity index (χ3n) is 12.0. The summed E-state index contributed by atoms with van der Waals surface area (Å²) < 4.78 is 11.2. The van der Waals surface area contributed by atoms with Gasteiger partial charge in [-0.25, -0.2) is 0 Å². The van der Waals surface area contributed by atoms with Gasteiger partial charge in [-0.2, -0.15) is 0 Å². The van der Waals surface area contributed by atoms with Crippen LogP contribution in [-0.4, -0.2) is 87.5 Å². The van der Waals surface area contributed by atoms with Crippen molar-refractivity contribution in [3.63, 3.8) is 0 Å². The van der Waals surface area contributed by atoms with Crippen LogP contribution in [0.5, 0.6) is 0 Å². The number of aliphatic hydroxyl groups is 5. The number of nitrogens with one attached hydrogen (secondary N) is 1. The quantitative estimate of drug-likeness (QED) is 0.0262. The Hall–Kier alpha value is -2.63. The molecule has 1 heterocycles. The zero-order valence-corrected chi connectivity index (χ0v) is 41.2. The molecule has 1 aliphatic rings. The Morgan fingerprint density at radius 3 is 1.42 bits per heavy atom. The molecule has 1 aliphatic heterocycles. The fourth-order valence-electron chi connectivity index (χ4n) is 7.81. The molecule has 7 unspecified atom stereocenters. The van der Waals surface area contributed by atoms with Crippen LogP contribution in [0, 0.1) is 0 Å². The van der Waals surface area contributed by atoms with Crippen LogP contribution in [0.25, 0.3) is 0 Å². The molecule has 0 spiro atoms. The number of carbonyl (C=O) groups excluding carboxylic acids is 1. The Morgan fingerprint density at radius 2 is 0.954 bits per heavy atom. The molecule has 1 fully saturated rings.